The number of rotatable bonds is 6. The van der Waals surface area contributed by atoms with Crippen molar-refractivity contribution in [3.63, 3.8) is 0 Å². The number of imidazole rings is 1. The Labute approximate surface area is 202 Å². The van der Waals surface area contributed by atoms with Gasteiger partial charge in [0.25, 0.3) is 0 Å². The number of carbonyl (C=O) groups excluding carboxylic acids is 1. The van der Waals surface area contributed by atoms with Crippen LogP contribution in [-0.4, -0.2) is 62.9 Å². The number of aliphatic imine (C=N–C) groups is 1. The predicted octanol–water partition coefficient (Wildman–Crippen LogP) is 3.26. The van der Waals surface area contributed by atoms with Gasteiger partial charge < -0.3 is 20.9 Å². The first kappa shape index (κ1) is 32.7. The highest BCUT2D eigenvalue weighted by molar-refractivity contribution is 5.97. The standard InChI is InChI=1S/C16H27N5O.2C2HF3O2/c1-12(13-6-3-2-4-7-13)15(22)21-16(17)19-9-5-8-14-10-18-11-20-14;2*3-2(4,5)1(6)7/h10-13H,2-9H2,1H3,(H,18,20)(H3,17,19,21,22);2*(H,6,7). The van der Waals surface area contributed by atoms with E-state index in [9.17, 15) is 31.1 Å². The molecule has 16 heteroatoms. The number of carboxylic acid groups (broad SMARTS) is 2. The number of alkyl halides is 6. The first-order chi connectivity index (χ1) is 16.6. The molecule has 0 radical (unpaired) electrons. The second-order valence-electron chi connectivity index (χ2n) is 7.73. The molecule has 0 saturated heterocycles. The van der Waals surface area contributed by atoms with E-state index in [2.05, 4.69) is 20.3 Å². The smallest absolute Gasteiger partial charge is 0.475 e. The molecule has 1 aliphatic carbocycles. The van der Waals surface area contributed by atoms with E-state index < -0.39 is 24.3 Å². The summed E-state index contributed by atoms with van der Waals surface area (Å²) in [5, 5.41) is 17.0. The molecule has 2 rings (SSSR count). The summed E-state index contributed by atoms with van der Waals surface area (Å²) in [6, 6.07) is 0. The molecule has 1 fully saturated rings. The topological polar surface area (TPSA) is 171 Å². The molecule has 1 saturated carbocycles. The summed E-state index contributed by atoms with van der Waals surface area (Å²) < 4.78 is 63.5. The number of carboxylic acids is 2. The van der Waals surface area contributed by atoms with Crippen LogP contribution >= 0.6 is 0 Å². The van der Waals surface area contributed by atoms with E-state index in [4.69, 9.17) is 25.5 Å². The van der Waals surface area contributed by atoms with Crippen LogP contribution in [0.15, 0.2) is 17.5 Å². The zero-order valence-electron chi connectivity index (χ0n) is 19.3. The molecule has 36 heavy (non-hydrogen) atoms. The number of aromatic amines is 1. The van der Waals surface area contributed by atoms with Crippen LogP contribution in [-0.2, 0) is 20.8 Å². The second-order valence-corrected chi connectivity index (χ2v) is 7.73. The van der Waals surface area contributed by atoms with Crippen molar-refractivity contribution in [1.29, 1.82) is 0 Å². The van der Waals surface area contributed by atoms with Gasteiger partial charge in [0.05, 0.1) is 6.33 Å². The normalized spacial score (nSPS) is 15.5. The van der Waals surface area contributed by atoms with Crippen molar-refractivity contribution in [1.82, 2.24) is 15.3 Å². The van der Waals surface area contributed by atoms with Crippen LogP contribution in [0.25, 0.3) is 0 Å². The van der Waals surface area contributed by atoms with Gasteiger partial charge in [0.15, 0.2) is 5.96 Å². The van der Waals surface area contributed by atoms with Crippen molar-refractivity contribution in [3.05, 3.63) is 18.2 Å². The molecular weight excluding hydrogens is 504 g/mol. The fourth-order valence-corrected chi connectivity index (χ4v) is 3.02. The van der Waals surface area contributed by atoms with Gasteiger partial charge in [-0.3, -0.25) is 15.1 Å². The number of nitrogens with two attached hydrogens (primary N) is 1. The molecule has 1 atom stereocenters. The number of aliphatic carboxylic acids is 2. The number of hydrogen-bond acceptors (Lipinski definition) is 5. The molecule has 1 amide bonds. The van der Waals surface area contributed by atoms with Crippen molar-refractivity contribution in [2.24, 2.45) is 22.6 Å². The zero-order valence-corrected chi connectivity index (χ0v) is 19.3. The molecule has 1 heterocycles. The summed E-state index contributed by atoms with van der Waals surface area (Å²) in [7, 11) is 0. The minimum absolute atomic E-state index is 0.00159. The average molecular weight is 533 g/mol. The molecule has 0 aliphatic heterocycles. The van der Waals surface area contributed by atoms with Gasteiger partial charge in [-0.2, -0.15) is 26.3 Å². The van der Waals surface area contributed by atoms with Gasteiger partial charge in [0.2, 0.25) is 5.91 Å². The van der Waals surface area contributed by atoms with E-state index in [1.807, 2.05) is 6.92 Å². The van der Waals surface area contributed by atoms with Crippen molar-refractivity contribution in [2.45, 2.75) is 64.2 Å². The van der Waals surface area contributed by atoms with Crippen molar-refractivity contribution in [2.75, 3.05) is 6.54 Å². The highest BCUT2D eigenvalue weighted by Gasteiger charge is 2.38. The predicted molar refractivity (Wildman–Crippen MR) is 115 cm³/mol. The number of nitrogens with zero attached hydrogens (tertiary/aromatic N) is 2. The Kier molecular flexibility index (Phi) is 14.2. The Morgan fingerprint density at radius 2 is 1.61 bits per heavy atom. The number of halogens is 6. The lowest BCUT2D eigenvalue weighted by Crippen LogP contribution is -2.42. The van der Waals surface area contributed by atoms with Gasteiger partial charge in [-0.1, -0.05) is 26.2 Å². The van der Waals surface area contributed by atoms with Gasteiger partial charge in [-0.25, -0.2) is 14.6 Å². The summed E-state index contributed by atoms with van der Waals surface area (Å²) in [6.45, 7) is 2.60. The number of guanidine groups is 1. The maximum atomic E-state index is 12.2. The maximum Gasteiger partial charge on any atom is 0.490 e. The number of amides is 1. The lowest BCUT2D eigenvalue weighted by molar-refractivity contribution is -0.193. The average Bonchev–Trinajstić information content (AvgIpc) is 3.30. The Bertz CT molecular complexity index is 813. The Balaban J connectivity index is 0.000000720. The van der Waals surface area contributed by atoms with Gasteiger partial charge in [0.1, 0.15) is 0 Å². The molecule has 0 bridgehead atoms. The van der Waals surface area contributed by atoms with Gasteiger partial charge in [-0.15, -0.1) is 0 Å². The molecule has 1 aromatic rings. The van der Waals surface area contributed by atoms with Gasteiger partial charge in [0, 0.05) is 24.4 Å². The fraction of sp³-hybridized carbons (Fsp3) is 0.650. The molecular formula is C20H29F6N5O5. The van der Waals surface area contributed by atoms with E-state index in [0.29, 0.717) is 12.5 Å². The van der Waals surface area contributed by atoms with Crippen LogP contribution in [0.5, 0.6) is 0 Å². The first-order valence-corrected chi connectivity index (χ1v) is 10.7. The number of aryl methyl sites for hydroxylation is 1. The number of hydrogen-bond donors (Lipinski definition) is 5. The molecule has 10 nitrogen and oxygen atoms in total. The third-order valence-electron chi connectivity index (χ3n) is 4.95. The molecule has 206 valence electrons. The Hall–Kier alpha value is -3.33. The fourth-order valence-electron chi connectivity index (χ4n) is 3.02. The summed E-state index contributed by atoms with van der Waals surface area (Å²) in [5.41, 5.74) is 6.89. The maximum absolute atomic E-state index is 12.2. The van der Waals surface area contributed by atoms with Crippen molar-refractivity contribution < 1.29 is 50.9 Å². The minimum atomic E-state index is -5.08. The molecule has 6 N–H and O–H groups in total. The minimum Gasteiger partial charge on any atom is -0.475 e. The Morgan fingerprint density at radius 3 is 2.03 bits per heavy atom. The number of nitrogens with one attached hydrogen (secondary N) is 2. The molecule has 0 spiro atoms. The van der Waals surface area contributed by atoms with E-state index in [1.54, 1.807) is 12.5 Å². The first-order valence-electron chi connectivity index (χ1n) is 10.7. The largest absolute Gasteiger partial charge is 0.490 e. The lowest BCUT2D eigenvalue weighted by atomic mass is 9.80. The second kappa shape index (κ2) is 15.6. The van der Waals surface area contributed by atoms with Crippen LogP contribution in [0, 0.1) is 11.8 Å². The third kappa shape index (κ3) is 14.8. The van der Waals surface area contributed by atoms with Crippen molar-refractivity contribution >= 4 is 23.8 Å². The molecule has 0 aromatic carbocycles. The Morgan fingerprint density at radius 1 is 1.11 bits per heavy atom. The van der Waals surface area contributed by atoms with E-state index in [-0.39, 0.29) is 17.8 Å². The van der Waals surface area contributed by atoms with Crippen LogP contribution in [0.3, 0.4) is 0 Å². The zero-order chi connectivity index (χ0) is 27.9. The molecule has 1 unspecified atom stereocenters. The van der Waals surface area contributed by atoms with Crippen molar-refractivity contribution in [3.8, 4) is 0 Å². The summed E-state index contributed by atoms with van der Waals surface area (Å²) in [5.74, 6) is -4.78. The number of aromatic nitrogens is 2. The molecule has 1 aliphatic rings. The van der Waals surface area contributed by atoms with Crippen LogP contribution in [0.2, 0.25) is 0 Å². The van der Waals surface area contributed by atoms with E-state index in [1.165, 1.54) is 19.3 Å². The van der Waals surface area contributed by atoms with Crippen LogP contribution in [0.4, 0.5) is 26.3 Å². The van der Waals surface area contributed by atoms with Gasteiger partial charge in [-0.05, 0) is 31.6 Å². The lowest BCUT2D eigenvalue weighted by Gasteiger charge is -2.26. The number of H-pyrrole nitrogens is 1. The SMILES string of the molecule is CC(C(=O)NC(N)=NCCCc1cnc[nH]1)C1CCCCC1.O=C(O)C(F)(F)F.O=C(O)C(F)(F)F. The van der Waals surface area contributed by atoms with Crippen LogP contribution < -0.4 is 11.1 Å². The van der Waals surface area contributed by atoms with Gasteiger partial charge >= 0.3 is 24.3 Å². The highest BCUT2D eigenvalue weighted by Crippen LogP contribution is 2.29. The summed E-state index contributed by atoms with van der Waals surface area (Å²) >= 11 is 0. The number of carbonyl (C=O) groups is 3. The van der Waals surface area contributed by atoms with E-state index >= 15 is 0 Å². The summed E-state index contributed by atoms with van der Waals surface area (Å²) in [6.07, 6.45) is 1.12. The summed E-state index contributed by atoms with van der Waals surface area (Å²) in [4.78, 5) is 41.2. The highest BCUT2D eigenvalue weighted by atomic mass is 19.4. The quantitative estimate of drug-likeness (QED) is 0.162. The third-order valence-corrected chi connectivity index (χ3v) is 4.95. The van der Waals surface area contributed by atoms with Crippen LogP contribution in [0.1, 0.15) is 51.1 Å². The monoisotopic (exact) mass is 533 g/mol. The molecule has 1 aromatic heterocycles. The van der Waals surface area contributed by atoms with E-state index in [0.717, 1.165) is 31.4 Å².